The van der Waals surface area contributed by atoms with Crippen molar-refractivity contribution < 1.29 is 0 Å². The van der Waals surface area contributed by atoms with Gasteiger partial charge >= 0.3 is 0 Å². The fourth-order valence-electron chi connectivity index (χ4n) is 0.930. The summed E-state index contributed by atoms with van der Waals surface area (Å²) in [6.07, 6.45) is 9.45. The van der Waals surface area contributed by atoms with Crippen molar-refractivity contribution in [3.63, 3.8) is 0 Å². The molecule has 0 amide bonds. The standard InChI is InChI=1S/C6H11N3.C3H4N2/c1-5(7)4-6-8-2-3-9-6;1-2-5-3-4-1/h2-3,5H,4,7H2,1H3,(H,8,9);1-3H,(H,4,5). The average molecular weight is 193 g/mol. The second kappa shape index (κ2) is 5.93. The molecule has 2 rings (SSSR count). The van der Waals surface area contributed by atoms with Crippen molar-refractivity contribution in [1.29, 1.82) is 0 Å². The first-order valence-corrected chi connectivity index (χ1v) is 4.45. The fourth-order valence-corrected chi connectivity index (χ4v) is 0.930. The molecule has 0 bridgehead atoms. The minimum absolute atomic E-state index is 0.191. The zero-order chi connectivity index (χ0) is 10.2. The van der Waals surface area contributed by atoms with Gasteiger partial charge in [0.1, 0.15) is 5.82 Å². The molecule has 2 aromatic heterocycles. The molecule has 0 saturated carbocycles. The van der Waals surface area contributed by atoms with Gasteiger partial charge in [-0.15, -0.1) is 0 Å². The van der Waals surface area contributed by atoms with Gasteiger partial charge in [0.2, 0.25) is 0 Å². The molecular formula is C9H15N5. The molecule has 0 aliphatic heterocycles. The van der Waals surface area contributed by atoms with Crippen LogP contribution < -0.4 is 5.73 Å². The molecule has 0 fully saturated rings. The van der Waals surface area contributed by atoms with Crippen molar-refractivity contribution in [2.24, 2.45) is 5.73 Å². The molecule has 14 heavy (non-hydrogen) atoms. The molecule has 5 nitrogen and oxygen atoms in total. The van der Waals surface area contributed by atoms with Crippen LogP contribution in [0.1, 0.15) is 12.7 Å². The number of H-pyrrole nitrogens is 2. The maximum Gasteiger partial charge on any atom is 0.107 e. The highest BCUT2D eigenvalue weighted by Gasteiger charge is 1.96. The predicted octanol–water partition coefficient (Wildman–Crippen LogP) is 0.709. The highest BCUT2D eigenvalue weighted by molar-refractivity contribution is 4.88. The highest BCUT2D eigenvalue weighted by atomic mass is 14.9. The second-order valence-corrected chi connectivity index (χ2v) is 2.98. The van der Waals surface area contributed by atoms with Crippen LogP contribution in [0.5, 0.6) is 0 Å². The van der Waals surface area contributed by atoms with E-state index in [1.54, 1.807) is 31.1 Å². The van der Waals surface area contributed by atoms with E-state index >= 15 is 0 Å². The smallest absolute Gasteiger partial charge is 0.107 e. The molecule has 0 spiro atoms. The normalized spacial score (nSPS) is 11.6. The minimum atomic E-state index is 0.191. The molecule has 76 valence electrons. The topological polar surface area (TPSA) is 83.4 Å². The lowest BCUT2D eigenvalue weighted by Gasteiger charge is -1.98. The maximum atomic E-state index is 5.52. The number of hydrogen-bond donors (Lipinski definition) is 3. The quantitative estimate of drug-likeness (QED) is 0.656. The van der Waals surface area contributed by atoms with Crippen molar-refractivity contribution in [3.05, 3.63) is 36.9 Å². The first-order chi connectivity index (χ1) is 6.79. The molecule has 2 heterocycles. The molecule has 0 aromatic carbocycles. The van der Waals surface area contributed by atoms with Gasteiger partial charge in [-0.1, -0.05) is 0 Å². The minimum Gasteiger partial charge on any atom is -0.351 e. The first-order valence-electron chi connectivity index (χ1n) is 4.45. The van der Waals surface area contributed by atoms with Gasteiger partial charge in [-0.05, 0) is 6.92 Å². The van der Waals surface area contributed by atoms with Gasteiger partial charge in [-0.2, -0.15) is 0 Å². The Kier molecular flexibility index (Phi) is 4.43. The molecule has 0 saturated heterocycles. The Bertz CT molecular complexity index is 281. The third-order valence-corrected chi connectivity index (χ3v) is 1.48. The van der Waals surface area contributed by atoms with E-state index in [0.29, 0.717) is 0 Å². The van der Waals surface area contributed by atoms with Crippen molar-refractivity contribution in [3.8, 4) is 0 Å². The largest absolute Gasteiger partial charge is 0.351 e. The van der Waals surface area contributed by atoms with Crippen molar-refractivity contribution in [2.45, 2.75) is 19.4 Å². The predicted molar refractivity (Wildman–Crippen MR) is 54.5 cm³/mol. The molecular weight excluding hydrogens is 178 g/mol. The maximum absolute atomic E-state index is 5.52. The molecule has 1 atom stereocenters. The lowest BCUT2D eigenvalue weighted by molar-refractivity contribution is 0.710. The molecule has 5 heteroatoms. The summed E-state index contributed by atoms with van der Waals surface area (Å²) in [4.78, 5) is 13.4. The van der Waals surface area contributed by atoms with Crippen molar-refractivity contribution in [2.75, 3.05) is 0 Å². The summed E-state index contributed by atoms with van der Waals surface area (Å²) < 4.78 is 0. The van der Waals surface area contributed by atoms with Gasteiger partial charge in [0, 0.05) is 37.3 Å². The van der Waals surface area contributed by atoms with Gasteiger partial charge < -0.3 is 15.7 Å². The lowest BCUT2D eigenvalue weighted by Crippen LogP contribution is -2.18. The number of rotatable bonds is 2. The average Bonchev–Trinajstić information content (AvgIpc) is 2.75. The number of aromatic nitrogens is 4. The Balaban J connectivity index is 0.000000165. The van der Waals surface area contributed by atoms with Crippen LogP contribution in [0.15, 0.2) is 31.1 Å². The molecule has 0 aliphatic rings. The first kappa shape index (κ1) is 10.5. The summed E-state index contributed by atoms with van der Waals surface area (Å²) in [5.74, 6) is 0.963. The van der Waals surface area contributed by atoms with Crippen LogP contribution in [0.2, 0.25) is 0 Å². The van der Waals surface area contributed by atoms with E-state index in [-0.39, 0.29) is 6.04 Å². The Morgan fingerprint density at radius 2 is 2.29 bits per heavy atom. The zero-order valence-electron chi connectivity index (χ0n) is 8.14. The van der Waals surface area contributed by atoms with Crippen LogP contribution in [0.3, 0.4) is 0 Å². The number of hydrogen-bond acceptors (Lipinski definition) is 3. The Labute approximate surface area is 82.8 Å². The summed E-state index contributed by atoms with van der Waals surface area (Å²) in [5.41, 5.74) is 5.52. The molecule has 2 aromatic rings. The zero-order valence-corrected chi connectivity index (χ0v) is 8.14. The van der Waals surface area contributed by atoms with Crippen LogP contribution in [0, 0.1) is 0 Å². The molecule has 4 N–H and O–H groups in total. The summed E-state index contributed by atoms with van der Waals surface area (Å²) in [5, 5.41) is 0. The molecule has 0 radical (unpaired) electrons. The van der Waals surface area contributed by atoms with Gasteiger partial charge in [-0.25, -0.2) is 9.97 Å². The van der Waals surface area contributed by atoms with Crippen LogP contribution in [-0.4, -0.2) is 26.0 Å². The van der Waals surface area contributed by atoms with Gasteiger partial charge in [0.25, 0.3) is 0 Å². The van der Waals surface area contributed by atoms with Crippen LogP contribution >= 0.6 is 0 Å². The van der Waals surface area contributed by atoms with E-state index in [1.165, 1.54) is 0 Å². The fraction of sp³-hybridized carbons (Fsp3) is 0.333. The van der Waals surface area contributed by atoms with Crippen LogP contribution in [-0.2, 0) is 6.42 Å². The molecule has 0 aliphatic carbocycles. The highest BCUT2D eigenvalue weighted by Crippen LogP contribution is 1.91. The van der Waals surface area contributed by atoms with Gasteiger partial charge in [-0.3, -0.25) is 0 Å². The van der Waals surface area contributed by atoms with Gasteiger partial charge in [0.05, 0.1) is 6.33 Å². The van der Waals surface area contributed by atoms with E-state index in [0.717, 1.165) is 12.2 Å². The second-order valence-electron chi connectivity index (χ2n) is 2.98. The van der Waals surface area contributed by atoms with Gasteiger partial charge in [0.15, 0.2) is 0 Å². The van der Waals surface area contributed by atoms with Crippen LogP contribution in [0.4, 0.5) is 0 Å². The Morgan fingerprint density at radius 3 is 2.64 bits per heavy atom. The Morgan fingerprint density at radius 1 is 1.43 bits per heavy atom. The summed E-state index contributed by atoms with van der Waals surface area (Å²) in [6, 6.07) is 0.191. The third kappa shape index (κ3) is 4.42. The number of imidazole rings is 2. The van der Waals surface area contributed by atoms with E-state index in [1.807, 2.05) is 6.92 Å². The van der Waals surface area contributed by atoms with Crippen molar-refractivity contribution >= 4 is 0 Å². The SMILES string of the molecule is CC(N)Cc1ncc[nH]1.c1c[nH]cn1. The Hall–Kier alpha value is -1.62. The summed E-state index contributed by atoms with van der Waals surface area (Å²) in [6.45, 7) is 1.96. The van der Waals surface area contributed by atoms with E-state index in [4.69, 9.17) is 5.73 Å². The summed E-state index contributed by atoms with van der Waals surface area (Å²) >= 11 is 0. The third-order valence-electron chi connectivity index (χ3n) is 1.48. The van der Waals surface area contributed by atoms with Crippen LogP contribution in [0.25, 0.3) is 0 Å². The van der Waals surface area contributed by atoms with Crippen molar-refractivity contribution in [1.82, 2.24) is 19.9 Å². The number of nitrogens with two attached hydrogens (primary N) is 1. The van der Waals surface area contributed by atoms with E-state index in [2.05, 4.69) is 19.9 Å². The van der Waals surface area contributed by atoms with E-state index in [9.17, 15) is 0 Å². The monoisotopic (exact) mass is 193 g/mol. The van der Waals surface area contributed by atoms with E-state index < -0.39 is 0 Å². The summed E-state index contributed by atoms with van der Waals surface area (Å²) in [7, 11) is 0. The number of nitrogens with one attached hydrogen (secondary N) is 2. The molecule has 1 unspecified atom stereocenters. The number of aromatic amines is 2. The lowest BCUT2D eigenvalue weighted by atomic mass is 10.2. The number of nitrogens with zero attached hydrogens (tertiary/aromatic N) is 2.